The van der Waals surface area contributed by atoms with Gasteiger partial charge in [-0.3, -0.25) is 4.79 Å². The summed E-state index contributed by atoms with van der Waals surface area (Å²) >= 11 is 0. The van der Waals surface area contributed by atoms with E-state index >= 15 is 0 Å². The Hall–Kier alpha value is -3.02. The van der Waals surface area contributed by atoms with Crippen molar-refractivity contribution in [3.63, 3.8) is 0 Å². The summed E-state index contributed by atoms with van der Waals surface area (Å²) in [6.07, 6.45) is 5.97. The Labute approximate surface area is 166 Å². The van der Waals surface area contributed by atoms with Gasteiger partial charge in [0.1, 0.15) is 5.84 Å². The predicted molar refractivity (Wildman–Crippen MR) is 115 cm³/mol. The number of rotatable bonds is 4. The lowest BCUT2D eigenvalue weighted by molar-refractivity contribution is -0.128. The molecule has 1 aliphatic heterocycles. The van der Waals surface area contributed by atoms with Crippen LogP contribution in [-0.4, -0.2) is 36.8 Å². The largest absolute Gasteiger partial charge is 0.402 e. The maximum atomic E-state index is 11.7. The number of amides is 1. The molecule has 0 bridgehead atoms. The molecule has 1 aromatic rings. The van der Waals surface area contributed by atoms with Crippen LogP contribution in [0.2, 0.25) is 0 Å². The van der Waals surface area contributed by atoms with Crippen LogP contribution in [0.1, 0.15) is 32.3 Å². The minimum atomic E-state index is 0.0483. The zero-order valence-corrected chi connectivity index (χ0v) is 16.8. The van der Waals surface area contributed by atoms with Gasteiger partial charge in [0.2, 0.25) is 5.91 Å². The van der Waals surface area contributed by atoms with Gasteiger partial charge < -0.3 is 21.7 Å². The molecule has 0 aromatic heterocycles. The minimum absolute atomic E-state index is 0.0483. The molecule has 0 radical (unpaired) electrons. The van der Waals surface area contributed by atoms with Crippen molar-refractivity contribution < 1.29 is 4.79 Å². The Balaban J connectivity index is 1.81. The first-order chi connectivity index (χ1) is 13.4. The number of hydrogen-bond donors (Lipinski definition) is 3. The van der Waals surface area contributed by atoms with E-state index in [1.165, 1.54) is 0 Å². The molecule has 6 heteroatoms. The number of aliphatic imine (C=N–C) groups is 1. The van der Waals surface area contributed by atoms with Crippen molar-refractivity contribution in [2.45, 2.75) is 26.7 Å². The van der Waals surface area contributed by atoms with Crippen molar-refractivity contribution >= 4 is 23.0 Å². The highest BCUT2D eigenvalue weighted by atomic mass is 16.2. The van der Waals surface area contributed by atoms with E-state index in [1.54, 1.807) is 11.8 Å². The summed E-state index contributed by atoms with van der Waals surface area (Å²) in [4.78, 5) is 18.1. The van der Waals surface area contributed by atoms with E-state index in [-0.39, 0.29) is 5.91 Å². The third-order valence-electron chi connectivity index (χ3n) is 5.43. The average Bonchev–Trinajstić information content (AvgIpc) is 2.70. The van der Waals surface area contributed by atoms with Crippen LogP contribution in [-0.2, 0) is 4.79 Å². The molecule has 148 valence electrons. The Morgan fingerprint density at radius 1 is 1.29 bits per heavy atom. The van der Waals surface area contributed by atoms with Crippen molar-refractivity contribution in [3.05, 3.63) is 58.9 Å². The molecule has 2 aliphatic rings. The highest BCUT2D eigenvalue weighted by Gasteiger charge is 2.22. The fourth-order valence-electron chi connectivity index (χ4n) is 3.50. The zero-order valence-electron chi connectivity index (χ0n) is 16.8. The standard InChI is InChI=1S/C22H29N5O/c1-14-4-5-17(12-20(14)23)16-6-8-18(9-7-16)26-22(24)19-13-27(15(2)28)11-10-21(19)25-3/h5-9,12,14,25H,4,10-11,13,23H2,1-3H3,(H2,24,26). The molecule has 5 N–H and O–H groups in total. The lowest BCUT2D eigenvalue weighted by atomic mass is 9.92. The molecular weight excluding hydrogens is 350 g/mol. The highest BCUT2D eigenvalue weighted by Crippen LogP contribution is 2.28. The highest BCUT2D eigenvalue weighted by molar-refractivity contribution is 6.00. The number of nitrogens with two attached hydrogens (primary N) is 2. The van der Waals surface area contributed by atoms with Gasteiger partial charge in [0.25, 0.3) is 0 Å². The van der Waals surface area contributed by atoms with Gasteiger partial charge in [-0.15, -0.1) is 0 Å². The van der Waals surface area contributed by atoms with Gasteiger partial charge >= 0.3 is 0 Å². The molecule has 1 unspecified atom stereocenters. The van der Waals surface area contributed by atoms with Crippen LogP contribution in [0.15, 0.2) is 58.4 Å². The van der Waals surface area contributed by atoms with Gasteiger partial charge in [0.05, 0.1) is 12.2 Å². The molecule has 0 saturated heterocycles. The normalized spacial score (nSPS) is 20.6. The summed E-state index contributed by atoms with van der Waals surface area (Å²) in [6.45, 7) is 4.89. The van der Waals surface area contributed by atoms with E-state index in [4.69, 9.17) is 11.5 Å². The third kappa shape index (κ3) is 4.27. The molecule has 1 atom stereocenters. The molecule has 1 aromatic carbocycles. The first kappa shape index (κ1) is 19.7. The number of hydrogen-bond acceptors (Lipinski definition) is 4. The molecule has 0 fully saturated rings. The van der Waals surface area contributed by atoms with Crippen LogP contribution in [0, 0.1) is 5.92 Å². The molecule has 28 heavy (non-hydrogen) atoms. The molecule has 0 spiro atoms. The van der Waals surface area contributed by atoms with Crippen molar-refractivity contribution in [2.24, 2.45) is 22.4 Å². The van der Waals surface area contributed by atoms with Crippen molar-refractivity contribution in [2.75, 3.05) is 20.1 Å². The summed E-state index contributed by atoms with van der Waals surface area (Å²) in [7, 11) is 1.87. The SMILES string of the molecule is CNC1=C(C(N)=Nc2ccc(C3=CCC(C)C(N)=C3)cc2)CN(C(C)=O)CC1. The number of nitrogens with zero attached hydrogens (tertiary/aromatic N) is 2. The molecule has 1 heterocycles. The third-order valence-corrected chi connectivity index (χ3v) is 5.43. The number of amidine groups is 1. The monoisotopic (exact) mass is 379 g/mol. The fourth-order valence-corrected chi connectivity index (χ4v) is 3.50. The Bertz CT molecular complexity index is 877. The smallest absolute Gasteiger partial charge is 0.219 e. The van der Waals surface area contributed by atoms with E-state index in [2.05, 4.69) is 23.3 Å². The Kier molecular flexibility index (Phi) is 5.87. The summed E-state index contributed by atoms with van der Waals surface area (Å²) < 4.78 is 0. The molecule has 1 aliphatic carbocycles. The topological polar surface area (TPSA) is 96.7 Å². The summed E-state index contributed by atoms with van der Waals surface area (Å²) in [5.74, 6) is 0.886. The fraction of sp³-hybridized carbons (Fsp3) is 0.364. The van der Waals surface area contributed by atoms with Crippen LogP contribution in [0.3, 0.4) is 0 Å². The summed E-state index contributed by atoms with van der Waals surface area (Å²) in [5.41, 5.74) is 18.3. The zero-order chi connectivity index (χ0) is 20.3. The minimum Gasteiger partial charge on any atom is -0.402 e. The van der Waals surface area contributed by atoms with Crippen LogP contribution in [0.4, 0.5) is 5.69 Å². The van der Waals surface area contributed by atoms with Crippen LogP contribution in [0.5, 0.6) is 0 Å². The molecule has 3 rings (SSSR count). The van der Waals surface area contributed by atoms with Crippen LogP contribution < -0.4 is 16.8 Å². The van der Waals surface area contributed by atoms with Crippen LogP contribution in [0.25, 0.3) is 5.57 Å². The number of allylic oxidation sites excluding steroid dienone is 4. The number of carbonyl (C=O) groups excluding carboxylic acids is 1. The second-order valence-electron chi connectivity index (χ2n) is 7.38. The lowest BCUT2D eigenvalue weighted by Gasteiger charge is -2.29. The van der Waals surface area contributed by atoms with Gasteiger partial charge in [-0.2, -0.15) is 0 Å². The van der Waals surface area contributed by atoms with E-state index in [1.807, 2.05) is 37.4 Å². The molecule has 0 saturated carbocycles. The lowest BCUT2D eigenvalue weighted by Crippen LogP contribution is -2.40. The van der Waals surface area contributed by atoms with E-state index in [0.29, 0.717) is 24.8 Å². The van der Waals surface area contributed by atoms with Crippen molar-refractivity contribution in [1.29, 1.82) is 0 Å². The maximum Gasteiger partial charge on any atom is 0.219 e. The van der Waals surface area contributed by atoms with Gasteiger partial charge in [-0.05, 0) is 41.7 Å². The quantitative estimate of drug-likeness (QED) is 0.553. The average molecular weight is 380 g/mol. The van der Waals surface area contributed by atoms with E-state index in [9.17, 15) is 4.79 Å². The van der Waals surface area contributed by atoms with Gasteiger partial charge in [-0.1, -0.05) is 25.1 Å². The van der Waals surface area contributed by atoms with E-state index < -0.39 is 0 Å². The molecule has 1 amide bonds. The number of nitrogens with one attached hydrogen (secondary N) is 1. The van der Waals surface area contributed by atoms with Crippen LogP contribution >= 0.6 is 0 Å². The summed E-state index contributed by atoms with van der Waals surface area (Å²) in [5, 5.41) is 3.20. The number of carbonyl (C=O) groups is 1. The second-order valence-corrected chi connectivity index (χ2v) is 7.38. The molecule has 6 nitrogen and oxygen atoms in total. The Morgan fingerprint density at radius 2 is 2.00 bits per heavy atom. The first-order valence-electron chi connectivity index (χ1n) is 9.66. The Morgan fingerprint density at radius 3 is 2.61 bits per heavy atom. The predicted octanol–water partition coefficient (Wildman–Crippen LogP) is 2.67. The number of benzene rings is 1. The van der Waals surface area contributed by atoms with Gasteiger partial charge in [-0.25, -0.2) is 4.99 Å². The van der Waals surface area contributed by atoms with Crippen molar-refractivity contribution in [1.82, 2.24) is 10.2 Å². The first-order valence-corrected chi connectivity index (χ1v) is 9.66. The second kappa shape index (κ2) is 8.33. The maximum absolute atomic E-state index is 11.7. The summed E-state index contributed by atoms with van der Waals surface area (Å²) in [6, 6.07) is 7.98. The van der Waals surface area contributed by atoms with Crippen molar-refractivity contribution in [3.8, 4) is 0 Å². The van der Waals surface area contributed by atoms with E-state index in [0.717, 1.165) is 46.6 Å². The van der Waals surface area contributed by atoms with Gasteiger partial charge in [0.15, 0.2) is 0 Å². The van der Waals surface area contributed by atoms with Gasteiger partial charge in [0, 0.05) is 43.9 Å². The molecular formula is C22H29N5O.